The van der Waals surface area contributed by atoms with E-state index in [1.54, 1.807) is 0 Å². The highest BCUT2D eigenvalue weighted by atomic mass is 16.5. The lowest BCUT2D eigenvalue weighted by molar-refractivity contribution is -0.165. The second-order valence-electron chi connectivity index (χ2n) is 4.76. The summed E-state index contributed by atoms with van der Waals surface area (Å²) in [5, 5.41) is 0. The molecule has 2 aliphatic carbocycles. The standard InChI is InChI=1S/C12H20O2/c1-3-12(4-2)10(13)7-11(12)14-8-9-5-6-9/h9,11H,3-8H2,1-2H3. The van der Waals surface area contributed by atoms with Crippen LogP contribution in [-0.2, 0) is 9.53 Å². The van der Waals surface area contributed by atoms with Crippen molar-refractivity contribution in [1.82, 2.24) is 0 Å². The van der Waals surface area contributed by atoms with Gasteiger partial charge in [-0.25, -0.2) is 0 Å². The lowest BCUT2D eigenvalue weighted by atomic mass is 9.61. The zero-order chi connectivity index (χ0) is 10.2. The molecule has 2 nitrogen and oxygen atoms in total. The Morgan fingerprint density at radius 1 is 1.36 bits per heavy atom. The summed E-state index contributed by atoms with van der Waals surface area (Å²) < 4.78 is 5.85. The van der Waals surface area contributed by atoms with Crippen LogP contribution in [0.5, 0.6) is 0 Å². The van der Waals surface area contributed by atoms with Crippen LogP contribution in [-0.4, -0.2) is 18.5 Å². The Bertz CT molecular complexity index is 226. The van der Waals surface area contributed by atoms with Gasteiger partial charge < -0.3 is 4.74 Å². The summed E-state index contributed by atoms with van der Waals surface area (Å²) in [7, 11) is 0. The van der Waals surface area contributed by atoms with Gasteiger partial charge in [-0.3, -0.25) is 4.79 Å². The Labute approximate surface area is 86.0 Å². The molecule has 0 aromatic carbocycles. The van der Waals surface area contributed by atoms with Gasteiger partial charge in [-0.1, -0.05) is 13.8 Å². The highest BCUT2D eigenvalue weighted by molar-refractivity contribution is 5.92. The topological polar surface area (TPSA) is 26.3 Å². The first-order valence-corrected chi connectivity index (χ1v) is 5.88. The monoisotopic (exact) mass is 196 g/mol. The summed E-state index contributed by atoms with van der Waals surface area (Å²) in [6.45, 7) is 5.10. The SMILES string of the molecule is CCC1(CC)C(=O)CC1OCC1CC1. The smallest absolute Gasteiger partial charge is 0.144 e. The highest BCUT2D eigenvalue weighted by Crippen LogP contribution is 2.46. The van der Waals surface area contributed by atoms with Crippen LogP contribution in [0.4, 0.5) is 0 Å². The van der Waals surface area contributed by atoms with Crippen molar-refractivity contribution >= 4 is 5.78 Å². The Balaban J connectivity index is 1.88. The summed E-state index contributed by atoms with van der Waals surface area (Å²) in [4.78, 5) is 11.6. The fourth-order valence-corrected chi connectivity index (χ4v) is 2.47. The average molecular weight is 196 g/mol. The molecule has 0 heterocycles. The van der Waals surface area contributed by atoms with Crippen LogP contribution in [0, 0.1) is 11.3 Å². The maximum absolute atomic E-state index is 11.6. The first-order valence-electron chi connectivity index (χ1n) is 5.88. The van der Waals surface area contributed by atoms with Gasteiger partial charge >= 0.3 is 0 Å². The molecule has 0 aromatic heterocycles. The molecule has 0 bridgehead atoms. The van der Waals surface area contributed by atoms with E-state index in [2.05, 4.69) is 13.8 Å². The third-order valence-electron chi connectivity index (χ3n) is 4.03. The molecule has 0 spiro atoms. The normalized spacial score (nSPS) is 30.1. The van der Waals surface area contributed by atoms with Gasteiger partial charge in [0.2, 0.25) is 0 Å². The number of ether oxygens (including phenoxy) is 1. The molecule has 0 saturated heterocycles. The Morgan fingerprint density at radius 2 is 2.00 bits per heavy atom. The van der Waals surface area contributed by atoms with E-state index < -0.39 is 0 Å². The number of hydrogen-bond donors (Lipinski definition) is 0. The van der Waals surface area contributed by atoms with E-state index in [1.807, 2.05) is 0 Å². The van der Waals surface area contributed by atoms with Gasteiger partial charge in [0.05, 0.1) is 11.5 Å². The van der Waals surface area contributed by atoms with Crippen LogP contribution in [0.25, 0.3) is 0 Å². The minimum Gasteiger partial charge on any atom is -0.376 e. The molecule has 2 rings (SSSR count). The van der Waals surface area contributed by atoms with Crippen molar-refractivity contribution in [1.29, 1.82) is 0 Å². The van der Waals surface area contributed by atoms with Crippen LogP contribution in [0.1, 0.15) is 46.0 Å². The van der Waals surface area contributed by atoms with E-state index in [1.165, 1.54) is 12.8 Å². The summed E-state index contributed by atoms with van der Waals surface area (Å²) in [5.74, 6) is 1.22. The number of hydrogen-bond acceptors (Lipinski definition) is 2. The Morgan fingerprint density at radius 3 is 2.43 bits per heavy atom. The molecule has 14 heavy (non-hydrogen) atoms. The molecule has 0 aliphatic heterocycles. The van der Waals surface area contributed by atoms with Gasteiger partial charge in [-0.2, -0.15) is 0 Å². The second kappa shape index (κ2) is 3.65. The van der Waals surface area contributed by atoms with Gasteiger partial charge in [0.1, 0.15) is 5.78 Å². The minimum absolute atomic E-state index is 0.116. The van der Waals surface area contributed by atoms with E-state index in [4.69, 9.17) is 4.74 Å². The van der Waals surface area contributed by atoms with Crippen molar-refractivity contribution in [3.8, 4) is 0 Å². The molecule has 2 fully saturated rings. The molecular weight excluding hydrogens is 176 g/mol. The fraction of sp³-hybridized carbons (Fsp3) is 0.917. The summed E-state index contributed by atoms with van der Waals surface area (Å²) >= 11 is 0. The van der Waals surface area contributed by atoms with Gasteiger partial charge in [-0.15, -0.1) is 0 Å². The zero-order valence-electron chi connectivity index (χ0n) is 9.21. The molecule has 1 unspecified atom stereocenters. The summed E-state index contributed by atoms with van der Waals surface area (Å²) in [5.41, 5.74) is -0.116. The van der Waals surface area contributed by atoms with Gasteiger partial charge in [0, 0.05) is 13.0 Å². The number of rotatable bonds is 5. The van der Waals surface area contributed by atoms with Crippen LogP contribution in [0.2, 0.25) is 0 Å². The van der Waals surface area contributed by atoms with Crippen LogP contribution >= 0.6 is 0 Å². The molecule has 2 heteroatoms. The Hall–Kier alpha value is -0.370. The molecule has 0 amide bonds. The third-order valence-corrected chi connectivity index (χ3v) is 4.03. The van der Waals surface area contributed by atoms with E-state index >= 15 is 0 Å². The van der Waals surface area contributed by atoms with Crippen molar-refractivity contribution in [2.75, 3.05) is 6.61 Å². The van der Waals surface area contributed by atoms with E-state index in [9.17, 15) is 4.79 Å². The third kappa shape index (κ3) is 1.50. The maximum Gasteiger partial charge on any atom is 0.144 e. The first kappa shape index (κ1) is 10.2. The fourth-order valence-electron chi connectivity index (χ4n) is 2.47. The Kier molecular flexibility index (Phi) is 2.65. The van der Waals surface area contributed by atoms with E-state index in [0.29, 0.717) is 12.2 Å². The van der Waals surface area contributed by atoms with E-state index in [0.717, 1.165) is 25.4 Å². The lowest BCUT2D eigenvalue weighted by Crippen LogP contribution is -2.54. The molecular formula is C12H20O2. The predicted octanol–water partition coefficient (Wildman–Crippen LogP) is 2.56. The van der Waals surface area contributed by atoms with Crippen LogP contribution in [0.15, 0.2) is 0 Å². The lowest BCUT2D eigenvalue weighted by Gasteiger charge is -2.46. The number of ketones is 1. The first-order chi connectivity index (χ1) is 6.73. The van der Waals surface area contributed by atoms with Crippen molar-refractivity contribution in [3.05, 3.63) is 0 Å². The zero-order valence-corrected chi connectivity index (χ0v) is 9.21. The van der Waals surface area contributed by atoms with Gasteiger partial charge in [0.15, 0.2) is 0 Å². The molecule has 0 aromatic rings. The number of carbonyl (C=O) groups is 1. The van der Waals surface area contributed by atoms with Crippen molar-refractivity contribution in [2.24, 2.45) is 11.3 Å². The van der Waals surface area contributed by atoms with Gasteiger partial charge in [0.25, 0.3) is 0 Å². The van der Waals surface area contributed by atoms with Crippen LogP contribution < -0.4 is 0 Å². The molecule has 2 saturated carbocycles. The number of carbonyl (C=O) groups excluding carboxylic acids is 1. The minimum atomic E-state index is -0.116. The quantitative estimate of drug-likeness (QED) is 0.675. The predicted molar refractivity (Wildman–Crippen MR) is 55.1 cm³/mol. The maximum atomic E-state index is 11.6. The van der Waals surface area contributed by atoms with Crippen LogP contribution in [0.3, 0.4) is 0 Å². The molecule has 0 N–H and O–H groups in total. The van der Waals surface area contributed by atoms with Crippen molar-refractivity contribution < 1.29 is 9.53 Å². The summed E-state index contributed by atoms with van der Waals surface area (Å²) in [6.07, 6.45) is 5.42. The summed E-state index contributed by atoms with van der Waals surface area (Å²) in [6, 6.07) is 0. The average Bonchev–Trinajstić information content (AvgIpc) is 2.98. The number of Topliss-reactive ketones (excluding diaryl/α,β-unsaturated/α-hetero) is 1. The second-order valence-corrected chi connectivity index (χ2v) is 4.76. The molecule has 1 atom stereocenters. The molecule has 80 valence electrons. The van der Waals surface area contributed by atoms with Gasteiger partial charge in [-0.05, 0) is 31.6 Å². The molecule has 2 aliphatic rings. The largest absolute Gasteiger partial charge is 0.376 e. The van der Waals surface area contributed by atoms with Crippen molar-refractivity contribution in [3.63, 3.8) is 0 Å². The highest BCUT2D eigenvalue weighted by Gasteiger charge is 2.53. The van der Waals surface area contributed by atoms with E-state index in [-0.39, 0.29) is 11.5 Å². The molecule has 0 radical (unpaired) electrons. The van der Waals surface area contributed by atoms with Crippen molar-refractivity contribution in [2.45, 2.75) is 52.1 Å².